The molecule has 0 amide bonds. The summed E-state index contributed by atoms with van der Waals surface area (Å²) in [6.45, 7) is 3.87. The van der Waals surface area contributed by atoms with E-state index in [1.54, 1.807) is 0 Å². The second kappa shape index (κ2) is 4.12. The van der Waals surface area contributed by atoms with Crippen LogP contribution in [-0.2, 0) is 4.79 Å². The summed E-state index contributed by atoms with van der Waals surface area (Å²) in [5, 5.41) is 9.45. The summed E-state index contributed by atoms with van der Waals surface area (Å²) in [6.07, 6.45) is 7.04. The highest BCUT2D eigenvalue weighted by molar-refractivity contribution is 5.79. The highest BCUT2D eigenvalue weighted by Crippen LogP contribution is 2.43. The van der Waals surface area contributed by atoms with E-state index in [-0.39, 0.29) is 0 Å². The molecule has 3 heteroatoms. The molecule has 86 valence electrons. The van der Waals surface area contributed by atoms with Crippen LogP contribution in [0.1, 0.15) is 45.4 Å². The van der Waals surface area contributed by atoms with Crippen molar-refractivity contribution in [3.05, 3.63) is 0 Å². The smallest absolute Gasteiger partial charge is 0.324 e. The number of hydrogen-bond acceptors (Lipinski definition) is 2. The van der Waals surface area contributed by atoms with Gasteiger partial charge < -0.3 is 5.11 Å². The second-order valence-electron chi connectivity index (χ2n) is 5.13. The van der Waals surface area contributed by atoms with Crippen molar-refractivity contribution in [3.8, 4) is 0 Å². The molecule has 1 N–H and O–H groups in total. The molecule has 0 aromatic heterocycles. The van der Waals surface area contributed by atoms with Gasteiger partial charge in [-0.2, -0.15) is 0 Å². The maximum atomic E-state index is 11.5. The zero-order chi connectivity index (χ0) is 10.9. The lowest BCUT2D eigenvalue weighted by Crippen LogP contribution is -2.54. The molecular weight excluding hydrogens is 190 g/mol. The average Bonchev–Trinajstić information content (AvgIpc) is 3.04. The Morgan fingerprint density at radius 2 is 1.73 bits per heavy atom. The van der Waals surface area contributed by atoms with Gasteiger partial charge in [-0.15, -0.1) is 0 Å². The fourth-order valence-corrected chi connectivity index (χ4v) is 2.75. The van der Waals surface area contributed by atoms with Crippen LogP contribution in [0.3, 0.4) is 0 Å². The summed E-state index contributed by atoms with van der Waals surface area (Å²) in [4.78, 5) is 13.7. The third kappa shape index (κ3) is 2.03. The molecular formula is C12H21NO2. The number of likely N-dealkylation sites (tertiary alicyclic amines) is 1. The number of carbonyl (C=O) groups is 1. The van der Waals surface area contributed by atoms with Crippen molar-refractivity contribution in [1.82, 2.24) is 4.90 Å². The van der Waals surface area contributed by atoms with Crippen LogP contribution < -0.4 is 0 Å². The SMILES string of the molecule is CC(C(=O)O)(C1CC1)N1CCCCCC1. The van der Waals surface area contributed by atoms with E-state index < -0.39 is 11.5 Å². The molecule has 3 nitrogen and oxygen atoms in total. The molecule has 1 aliphatic heterocycles. The van der Waals surface area contributed by atoms with Crippen LogP contribution in [0, 0.1) is 5.92 Å². The van der Waals surface area contributed by atoms with Crippen molar-refractivity contribution >= 4 is 5.97 Å². The summed E-state index contributed by atoms with van der Waals surface area (Å²) >= 11 is 0. The first-order chi connectivity index (χ1) is 7.15. The standard InChI is InChI=1S/C12H21NO2/c1-12(11(14)15,10-6-7-10)13-8-4-2-3-5-9-13/h10H,2-9H2,1H3,(H,14,15). The summed E-state index contributed by atoms with van der Waals surface area (Å²) in [6, 6.07) is 0. The first-order valence-corrected chi connectivity index (χ1v) is 6.14. The minimum Gasteiger partial charge on any atom is -0.480 e. The van der Waals surface area contributed by atoms with Gasteiger partial charge in [0.2, 0.25) is 0 Å². The van der Waals surface area contributed by atoms with Crippen LogP contribution in [0.5, 0.6) is 0 Å². The molecule has 0 aromatic rings. The Bertz CT molecular complexity index is 242. The molecule has 1 unspecified atom stereocenters. The fraction of sp³-hybridized carbons (Fsp3) is 0.917. The van der Waals surface area contributed by atoms with E-state index in [1.165, 1.54) is 12.8 Å². The predicted molar refractivity (Wildman–Crippen MR) is 58.8 cm³/mol. The largest absolute Gasteiger partial charge is 0.480 e. The highest BCUT2D eigenvalue weighted by atomic mass is 16.4. The van der Waals surface area contributed by atoms with Crippen LogP contribution in [0.2, 0.25) is 0 Å². The molecule has 1 aliphatic carbocycles. The first kappa shape index (κ1) is 10.9. The van der Waals surface area contributed by atoms with E-state index in [2.05, 4.69) is 4.90 Å². The van der Waals surface area contributed by atoms with E-state index in [0.29, 0.717) is 5.92 Å². The van der Waals surface area contributed by atoms with Crippen LogP contribution >= 0.6 is 0 Å². The number of nitrogens with zero attached hydrogens (tertiary/aromatic N) is 1. The molecule has 1 saturated carbocycles. The van der Waals surface area contributed by atoms with E-state index in [0.717, 1.165) is 38.8 Å². The predicted octanol–water partition coefficient (Wildman–Crippen LogP) is 2.12. The third-order valence-electron chi connectivity index (χ3n) is 4.07. The van der Waals surface area contributed by atoms with Crippen LogP contribution in [0.25, 0.3) is 0 Å². The Morgan fingerprint density at radius 1 is 1.20 bits per heavy atom. The van der Waals surface area contributed by atoms with Crippen molar-refractivity contribution in [2.75, 3.05) is 13.1 Å². The van der Waals surface area contributed by atoms with Crippen molar-refractivity contribution in [3.63, 3.8) is 0 Å². The van der Waals surface area contributed by atoms with Crippen molar-refractivity contribution < 1.29 is 9.90 Å². The Balaban J connectivity index is 2.11. The fourth-order valence-electron chi connectivity index (χ4n) is 2.75. The van der Waals surface area contributed by atoms with Gasteiger partial charge in [-0.05, 0) is 51.6 Å². The molecule has 1 heterocycles. The van der Waals surface area contributed by atoms with E-state index in [4.69, 9.17) is 0 Å². The Morgan fingerprint density at radius 3 is 2.13 bits per heavy atom. The molecule has 0 radical (unpaired) electrons. The molecule has 0 aromatic carbocycles. The molecule has 1 atom stereocenters. The van der Waals surface area contributed by atoms with Crippen LogP contribution in [0.4, 0.5) is 0 Å². The van der Waals surface area contributed by atoms with E-state index >= 15 is 0 Å². The maximum Gasteiger partial charge on any atom is 0.324 e. The molecule has 0 bridgehead atoms. The lowest BCUT2D eigenvalue weighted by Gasteiger charge is -2.37. The van der Waals surface area contributed by atoms with Gasteiger partial charge in [0, 0.05) is 0 Å². The zero-order valence-electron chi connectivity index (χ0n) is 9.54. The van der Waals surface area contributed by atoms with E-state index in [1.807, 2.05) is 6.92 Å². The molecule has 2 fully saturated rings. The third-order valence-corrected chi connectivity index (χ3v) is 4.07. The zero-order valence-corrected chi connectivity index (χ0v) is 9.54. The van der Waals surface area contributed by atoms with Gasteiger partial charge in [0.05, 0.1) is 0 Å². The van der Waals surface area contributed by atoms with Crippen LogP contribution in [-0.4, -0.2) is 34.6 Å². The second-order valence-corrected chi connectivity index (χ2v) is 5.13. The summed E-state index contributed by atoms with van der Waals surface area (Å²) in [5.41, 5.74) is -0.579. The minimum atomic E-state index is -0.619. The topological polar surface area (TPSA) is 40.5 Å². The highest BCUT2D eigenvalue weighted by Gasteiger charge is 2.51. The Labute approximate surface area is 91.5 Å². The molecule has 2 rings (SSSR count). The van der Waals surface area contributed by atoms with Gasteiger partial charge in [-0.3, -0.25) is 9.69 Å². The number of aliphatic carboxylic acids is 1. The van der Waals surface area contributed by atoms with Gasteiger partial charge in [0.1, 0.15) is 5.54 Å². The normalized spacial score (nSPS) is 28.1. The summed E-state index contributed by atoms with van der Waals surface area (Å²) < 4.78 is 0. The molecule has 2 aliphatic rings. The van der Waals surface area contributed by atoms with Gasteiger partial charge in [0.15, 0.2) is 0 Å². The van der Waals surface area contributed by atoms with Crippen molar-refractivity contribution in [2.24, 2.45) is 5.92 Å². The van der Waals surface area contributed by atoms with Gasteiger partial charge >= 0.3 is 5.97 Å². The minimum absolute atomic E-state index is 0.396. The lowest BCUT2D eigenvalue weighted by atomic mass is 9.93. The van der Waals surface area contributed by atoms with Gasteiger partial charge in [0.25, 0.3) is 0 Å². The molecule has 15 heavy (non-hydrogen) atoms. The Hall–Kier alpha value is -0.570. The van der Waals surface area contributed by atoms with Crippen molar-refractivity contribution in [1.29, 1.82) is 0 Å². The Kier molecular flexibility index (Phi) is 3.01. The number of hydrogen-bond donors (Lipinski definition) is 1. The lowest BCUT2D eigenvalue weighted by molar-refractivity contribution is -0.152. The quantitative estimate of drug-likeness (QED) is 0.777. The van der Waals surface area contributed by atoms with Crippen LogP contribution in [0.15, 0.2) is 0 Å². The molecule has 0 spiro atoms. The number of carboxylic acids is 1. The average molecular weight is 211 g/mol. The summed E-state index contributed by atoms with van der Waals surface area (Å²) in [7, 11) is 0. The molecule has 1 saturated heterocycles. The van der Waals surface area contributed by atoms with Crippen molar-refractivity contribution in [2.45, 2.75) is 51.0 Å². The first-order valence-electron chi connectivity index (χ1n) is 6.14. The van der Waals surface area contributed by atoms with E-state index in [9.17, 15) is 9.90 Å². The monoisotopic (exact) mass is 211 g/mol. The van der Waals surface area contributed by atoms with Gasteiger partial charge in [-0.1, -0.05) is 12.8 Å². The number of rotatable bonds is 3. The number of carboxylic acid groups (broad SMARTS) is 1. The maximum absolute atomic E-state index is 11.5. The van der Waals surface area contributed by atoms with Gasteiger partial charge in [-0.25, -0.2) is 0 Å². The summed E-state index contributed by atoms with van der Waals surface area (Å²) in [5.74, 6) is -0.222.